The van der Waals surface area contributed by atoms with Gasteiger partial charge in [0.1, 0.15) is 23.7 Å². The molecule has 0 aromatic carbocycles. The van der Waals surface area contributed by atoms with Crippen molar-refractivity contribution in [2.45, 2.75) is 45.2 Å². The third kappa shape index (κ3) is 2.99. The summed E-state index contributed by atoms with van der Waals surface area (Å²) in [7, 11) is 1.66. The smallest absolute Gasteiger partial charge is 0.258 e. The molecule has 0 spiro atoms. The Kier molecular flexibility index (Phi) is 3.97. The number of ether oxygens (including phenoxy) is 1. The highest BCUT2D eigenvalue weighted by Gasteiger charge is 2.39. The Bertz CT molecular complexity index is 1120. The Morgan fingerprint density at radius 2 is 2.14 bits per heavy atom. The third-order valence-corrected chi connectivity index (χ3v) is 5.88. The van der Waals surface area contributed by atoms with E-state index in [9.17, 15) is 4.79 Å². The van der Waals surface area contributed by atoms with Crippen LogP contribution in [0.25, 0.3) is 11.1 Å². The topological polar surface area (TPSA) is 93.4 Å². The van der Waals surface area contributed by atoms with Crippen LogP contribution >= 0.6 is 0 Å². The molecular weight excluding hydrogens is 370 g/mol. The molecule has 8 heteroatoms. The molecule has 150 valence electrons. The Balaban J connectivity index is 1.52. The van der Waals surface area contributed by atoms with E-state index in [1.54, 1.807) is 20.2 Å². The predicted molar refractivity (Wildman–Crippen MR) is 107 cm³/mol. The number of hydrogen-bond donors (Lipinski definition) is 1. The van der Waals surface area contributed by atoms with Gasteiger partial charge in [-0.25, -0.2) is 9.97 Å². The summed E-state index contributed by atoms with van der Waals surface area (Å²) in [6.45, 7) is 4.98. The average Bonchev–Trinajstić information content (AvgIpc) is 3.34. The zero-order valence-electron chi connectivity index (χ0n) is 16.8. The first-order valence-corrected chi connectivity index (χ1v) is 9.81. The molecule has 0 atom stereocenters. The summed E-state index contributed by atoms with van der Waals surface area (Å²) in [6.07, 6.45) is 6.05. The highest BCUT2D eigenvalue weighted by atomic mass is 16.5. The zero-order valence-corrected chi connectivity index (χ0v) is 16.8. The van der Waals surface area contributed by atoms with E-state index in [2.05, 4.69) is 27.2 Å². The van der Waals surface area contributed by atoms with E-state index in [-0.39, 0.29) is 11.4 Å². The lowest BCUT2D eigenvalue weighted by Crippen LogP contribution is -2.37. The standard InChI is InChI=1S/C21H23N5O3/c1-12-16(17-18(25-21(2)6-7-21)23-11-24-19(17)29-12)20(27)26-9-5-13-14(10-26)22-8-4-15(13)28-3/h4,8,11H,5-7,9-10H2,1-3H3,(H,23,24,25). The van der Waals surface area contributed by atoms with Gasteiger partial charge >= 0.3 is 0 Å². The lowest BCUT2D eigenvalue weighted by Gasteiger charge is -2.29. The Morgan fingerprint density at radius 1 is 1.31 bits per heavy atom. The van der Waals surface area contributed by atoms with Crippen LogP contribution in [0.1, 0.15) is 47.1 Å². The summed E-state index contributed by atoms with van der Waals surface area (Å²) in [4.78, 5) is 28.4. The minimum Gasteiger partial charge on any atom is -0.496 e. The predicted octanol–water partition coefficient (Wildman–Crippen LogP) is 3.10. The number of nitrogens with one attached hydrogen (secondary N) is 1. The maximum atomic E-state index is 13.5. The number of aryl methyl sites for hydroxylation is 1. The minimum absolute atomic E-state index is 0.0251. The molecule has 1 aliphatic carbocycles. The molecule has 1 amide bonds. The number of fused-ring (bicyclic) bond motifs is 2. The molecule has 0 saturated heterocycles. The van der Waals surface area contributed by atoms with Crippen LogP contribution in [0.2, 0.25) is 0 Å². The third-order valence-electron chi connectivity index (χ3n) is 5.88. The van der Waals surface area contributed by atoms with Crippen molar-refractivity contribution in [3.63, 3.8) is 0 Å². The van der Waals surface area contributed by atoms with Crippen molar-refractivity contribution in [1.29, 1.82) is 0 Å². The van der Waals surface area contributed by atoms with Crippen molar-refractivity contribution in [3.8, 4) is 5.75 Å². The number of aromatic nitrogens is 3. The Morgan fingerprint density at radius 3 is 2.90 bits per heavy atom. The molecule has 3 aromatic heterocycles. The lowest BCUT2D eigenvalue weighted by molar-refractivity contribution is 0.0731. The number of nitrogens with zero attached hydrogens (tertiary/aromatic N) is 4. The second kappa shape index (κ2) is 6.43. The second-order valence-electron chi connectivity index (χ2n) is 8.04. The first-order valence-electron chi connectivity index (χ1n) is 9.81. The number of amides is 1. The van der Waals surface area contributed by atoms with E-state index in [1.807, 2.05) is 11.0 Å². The summed E-state index contributed by atoms with van der Waals surface area (Å²) < 4.78 is 11.3. The van der Waals surface area contributed by atoms with Crippen molar-refractivity contribution >= 4 is 22.8 Å². The van der Waals surface area contributed by atoms with Crippen molar-refractivity contribution < 1.29 is 13.9 Å². The number of anilines is 1. The molecule has 0 unspecified atom stereocenters. The van der Waals surface area contributed by atoms with Gasteiger partial charge in [0.2, 0.25) is 5.71 Å². The van der Waals surface area contributed by atoms with Gasteiger partial charge in [-0.15, -0.1) is 0 Å². The van der Waals surface area contributed by atoms with Crippen LogP contribution < -0.4 is 10.1 Å². The van der Waals surface area contributed by atoms with Gasteiger partial charge in [0.05, 0.1) is 30.3 Å². The summed E-state index contributed by atoms with van der Waals surface area (Å²) in [5.74, 6) is 1.95. The van der Waals surface area contributed by atoms with Crippen molar-refractivity contribution in [2.24, 2.45) is 0 Å². The first kappa shape index (κ1) is 17.9. The quantitative estimate of drug-likeness (QED) is 0.728. The van der Waals surface area contributed by atoms with E-state index in [4.69, 9.17) is 9.15 Å². The summed E-state index contributed by atoms with van der Waals surface area (Å²) in [5.41, 5.74) is 2.93. The molecule has 8 nitrogen and oxygen atoms in total. The van der Waals surface area contributed by atoms with E-state index in [0.29, 0.717) is 47.8 Å². The summed E-state index contributed by atoms with van der Waals surface area (Å²) in [5, 5.41) is 4.13. The zero-order chi connectivity index (χ0) is 20.2. The van der Waals surface area contributed by atoms with Gasteiger partial charge in [0.15, 0.2) is 0 Å². The molecule has 3 aromatic rings. The van der Waals surface area contributed by atoms with Crippen LogP contribution in [0.15, 0.2) is 23.0 Å². The number of rotatable bonds is 4. The molecule has 29 heavy (non-hydrogen) atoms. The van der Waals surface area contributed by atoms with E-state index in [1.165, 1.54) is 6.33 Å². The fourth-order valence-electron chi connectivity index (χ4n) is 3.94. The molecule has 2 aliphatic rings. The average molecular weight is 393 g/mol. The lowest BCUT2D eigenvalue weighted by atomic mass is 10.0. The van der Waals surface area contributed by atoms with Gasteiger partial charge in [-0.3, -0.25) is 9.78 Å². The van der Waals surface area contributed by atoms with Crippen LogP contribution in [0.5, 0.6) is 5.75 Å². The molecule has 4 heterocycles. The normalized spacial score (nSPS) is 17.1. The van der Waals surface area contributed by atoms with Crippen LogP contribution in [0, 0.1) is 6.92 Å². The fraction of sp³-hybridized carbons (Fsp3) is 0.429. The van der Waals surface area contributed by atoms with Crippen molar-refractivity contribution in [1.82, 2.24) is 19.9 Å². The molecule has 1 N–H and O–H groups in total. The van der Waals surface area contributed by atoms with E-state index >= 15 is 0 Å². The molecule has 1 saturated carbocycles. The highest BCUT2D eigenvalue weighted by molar-refractivity contribution is 6.10. The molecule has 0 bridgehead atoms. The SMILES string of the molecule is COc1ccnc2c1CCN(C(=O)c1c(C)oc3ncnc(NC4(C)CC4)c13)C2. The van der Waals surface area contributed by atoms with Crippen molar-refractivity contribution in [2.75, 3.05) is 19.0 Å². The van der Waals surface area contributed by atoms with E-state index in [0.717, 1.165) is 29.8 Å². The molecule has 0 radical (unpaired) electrons. The maximum Gasteiger partial charge on any atom is 0.258 e. The monoisotopic (exact) mass is 393 g/mol. The van der Waals surface area contributed by atoms with Gasteiger partial charge < -0.3 is 19.4 Å². The molecule has 1 aliphatic heterocycles. The van der Waals surface area contributed by atoms with Gasteiger partial charge in [0.25, 0.3) is 5.91 Å². The van der Waals surface area contributed by atoms with Crippen LogP contribution in [0.3, 0.4) is 0 Å². The number of hydrogen-bond acceptors (Lipinski definition) is 7. The largest absolute Gasteiger partial charge is 0.496 e. The van der Waals surface area contributed by atoms with Crippen molar-refractivity contribution in [3.05, 3.63) is 41.2 Å². The van der Waals surface area contributed by atoms with Gasteiger partial charge in [0, 0.05) is 23.8 Å². The van der Waals surface area contributed by atoms with Gasteiger partial charge in [-0.05, 0) is 39.2 Å². The second-order valence-corrected chi connectivity index (χ2v) is 8.04. The summed E-state index contributed by atoms with van der Waals surface area (Å²) in [6, 6.07) is 1.86. The number of carbonyl (C=O) groups is 1. The number of methoxy groups -OCH3 is 1. The van der Waals surface area contributed by atoms with Crippen LogP contribution in [0.4, 0.5) is 5.82 Å². The van der Waals surface area contributed by atoms with E-state index < -0.39 is 0 Å². The molecule has 5 rings (SSSR count). The van der Waals surface area contributed by atoms with Crippen LogP contribution in [-0.2, 0) is 13.0 Å². The number of pyridine rings is 1. The maximum absolute atomic E-state index is 13.5. The van der Waals surface area contributed by atoms with Crippen LogP contribution in [-0.4, -0.2) is 45.0 Å². The molecular formula is C21H23N5O3. The van der Waals surface area contributed by atoms with Gasteiger partial charge in [-0.1, -0.05) is 0 Å². The highest BCUT2D eigenvalue weighted by Crippen LogP contribution is 2.40. The Labute approximate surface area is 168 Å². The minimum atomic E-state index is -0.0877. The first-order chi connectivity index (χ1) is 14.0. The summed E-state index contributed by atoms with van der Waals surface area (Å²) >= 11 is 0. The number of furan rings is 1. The number of carbonyl (C=O) groups excluding carboxylic acids is 1. The Hall–Kier alpha value is -3.16. The fourth-order valence-corrected chi connectivity index (χ4v) is 3.94. The van der Waals surface area contributed by atoms with Gasteiger partial charge in [-0.2, -0.15) is 0 Å². The molecule has 1 fully saturated rings.